The Bertz CT molecular complexity index is 424. The van der Waals surface area contributed by atoms with Crippen LogP contribution in [-0.2, 0) is 14.8 Å². The van der Waals surface area contributed by atoms with Crippen molar-refractivity contribution in [3.63, 3.8) is 0 Å². The number of hydrogen-bond donors (Lipinski definition) is 2. The number of aliphatic carboxylic acids is 1. The highest BCUT2D eigenvalue weighted by Crippen LogP contribution is 2.11. The number of rotatable bonds is 5. The summed E-state index contributed by atoms with van der Waals surface area (Å²) in [5, 5.41) is 8.49. The summed E-state index contributed by atoms with van der Waals surface area (Å²) < 4.78 is 24.4. The van der Waals surface area contributed by atoms with Crippen molar-refractivity contribution in [2.75, 3.05) is 13.6 Å². The Hall–Kier alpha value is -1.34. The topological polar surface area (TPSA) is 90.5 Å². The number of aromatic nitrogens is 1. The molecule has 0 saturated carbocycles. The van der Waals surface area contributed by atoms with Crippen molar-refractivity contribution in [3.05, 3.63) is 18.3 Å². The van der Waals surface area contributed by atoms with E-state index in [4.69, 9.17) is 5.11 Å². The molecule has 0 fully saturated rings. The number of carboxylic acid groups (broad SMARTS) is 1. The van der Waals surface area contributed by atoms with Gasteiger partial charge in [-0.3, -0.25) is 4.79 Å². The molecule has 6 nitrogen and oxygen atoms in total. The lowest BCUT2D eigenvalue weighted by atomic mass is 10.4. The number of H-pyrrole nitrogens is 1. The maximum Gasteiger partial charge on any atom is 0.304 e. The first-order valence-corrected chi connectivity index (χ1v) is 5.70. The third-order valence-electron chi connectivity index (χ3n) is 1.90. The lowest BCUT2D eigenvalue weighted by Gasteiger charge is -2.14. The molecule has 84 valence electrons. The number of carboxylic acids is 1. The van der Waals surface area contributed by atoms with Crippen LogP contribution in [0.25, 0.3) is 0 Å². The summed E-state index contributed by atoms with van der Waals surface area (Å²) in [6.07, 6.45) is 1.29. The van der Waals surface area contributed by atoms with E-state index in [0.717, 1.165) is 4.31 Å². The van der Waals surface area contributed by atoms with Gasteiger partial charge in [0.25, 0.3) is 10.0 Å². The van der Waals surface area contributed by atoms with E-state index in [1.54, 1.807) is 6.07 Å². The molecule has 7 heteroatoms. The highest BCUT2D eigenvalue weighted by Gasteiger charge is 2.21. The predicted molar refractivity (Wildman–Crippen MR) is 52.9 cm³/mol. The van der Waals surface area contributed by atoms with Crippen LogP contribution in [-0.4, -0.2) is 42.4 Å². The summed E-state index contributed by atoms with van der Waals surface area (Å²) in [5.41, 5.74) is 0. The quantitative estimate of drug-likeness (QED) is 0.753. The average molecular weight is 232 g/mol. The number of nitrogens with zero attached hydrogens (tertiary/aromatic N) is 1. The van der Waals surface area contributed by atoms with Gasteiger partial charge in [-0.15, -0.1) is 0 Å². The van der Waals surface area contributed by atoms with Gasteiger partial charge in [-0.05, 0) is 12.1 Å². The Balaban J connectivity index is 2.75. The van der Waals surface area contributed by atoms with Gasteiger partial charge in [-0.2, -0.15) is 4.31 Å². The van der Waals surface area contributed by atoms with Gasteiger partial charge in [0.05, 0.1) is 6.42 Å². The Labute approximate surface area is 87.6 Å². The summed E-state index contributed by atoms with van der Waals surface area (Å²) in [4.78, 5) is 12.9. The number of sulfonamides is 1. The monoisotopic (exact) mass is 232 g/mol. The second kappa shape index (κ2) is 4.45. The largest absolute Gasteiger partial charge is 0.481 e. The van der Waals surface area contributed by atoms with Gasteiger partial charge in [0.2, 0.25) is 0 Å². The summed E-state index contributed by atoms with van der Waals surface area (Å²) in [6.45, 7) is -0.0450. The molecule has 0 aliphatic carbocycles. The fourth-order valence-electron chi connectivity index (χ4n) is 1.02. The Morgan fingerprint density at radius 3 is 2.73 bits per heavy atom. The Kier molecular flexibility index (Phi) is 3.48. The maximum atomic E-state index is 11.7. The second-order valence-corrected chi connectivity index (χ2v) is 5.02. The molecule has 1 heterocycles. The first kappa shape index (κ1) is 11.7. The molecule has 0 spiro atoms. The van der Waals surface area contributed by atoms with Crippen molar-refractivity contribution in [1.29, 1.82) is 0 Å². The molecule has 0 aliphatic rings. The molecule has 0 saturated heterocycles. The third-order valence-corrected chi connectivity index (χ3v) is 3.71. The predicted octanol–water partition coefficient (Wildman–Crippen LogP) is 0.110. The summed E-state index contributed by atoms with van der Waals surface area (Å²) in [5.74, 6) is -1.02. The van der Waals surface area contributed by atoms with E-state index < -0.39 is 16.0 Å². The molecule has 0 bridgehead atoms. The normalized spacial score (nSPS) is 11.9. The van der Waals surface area contributed by atoms with Crippen molar-refractivity contribution in [1.82, 2.24) is 9.29 Å². The van der Waals surface area contributed by atoms with Crippen LogP contribution in [0.1, 0.15) is 6.42 Å². The standard InChI is InChI=1S/C8H12N2O4S/c1-10(6-4-8(11)12)15(13,14)7-3-2-5-9-7/h2-3,5,9H,4,6H2,1H3,(H,11,12). The SMILES string of the molecule is CN(CCC(=O)O)S(=O)(=O)c1ccc[nH]1. The molecule has 0 atom stereocenters. The maximum absolute atomic E-state index is 11.7. The van der Waals surface area contributed by atoms with Crippen molar-refractivity contribution in [2.24, 2.45) is 0 Å². The fourth-order valence-corrected chi connectivity index (χ4v) is 2.15. The smallest absolute Gasteiger partial charge is 0.304 e. The van der Waals surface area contributed by atoms with Gasteiger partial charge in [0.1, 0.15) is 5.03 Å². The molecule has 1 rings (SSSR count). The van der Waals surface area contributed by atoms with Crippen LogP contribution in [0, 0.1) is 0 Å². The number of aromatic amines is 1. The zero-order valence-electron chi connectivity index (χ0n) is 8.17. The van der Waals surface area contributed by atoms with Gasteiger partial charge in [0.15, 0.2) is 0 Å². The summed E-state index contributed by atoms with van der Waals surface area (Å²) in [7, 11) is -2.23. The molecule has 15 heavy (non-hydrogen) atoms. The summed E-state index contributed by atoms with van der Waals surface area (Å²) in [6, 6.07) is 2.99. The van der Waals surface area contributed by atoms with E-state index in [1.807, 2.05) is 0 Å². The molecule has 0 aromatic carbocycles. The minimum Gasteiger partial charge on any atom is -0.481 e. The second-order valence-electron chi connectivity index (χ2n) is 3.00. The zero-order chi connectivity index (χ0) is 11.5. The number of nitrogens with one attached hydrogen (secondary N) is 1. The lowest BCUT2D eigenvalue weighted by Crippen LogP contribution is -2.29. The summed E-state index contributed by atoms with van der Waals surface area (Å²) >= 11 is 0. The van der Waals surface area contributed by atoms with Crippen molar-refractivity contribution in [2.45, 2.75) is 11.4 Å². The molecular weight excluding hydrogens is 220 g/mol. The van der Waals surface area contributed by atoms with Gasteiger partial charge in [0, 0.05) is 19.8 Å². The first-order valence-electron chi connectivity index (χ1n) is 4.26. The van der Waals surface area contributed by atoms with E-state index in [2.05, 4.69) is 4.98 Å². The Morgan fingerprint density at radius 2 is 2.27 bits per heavy atom. The van der Waals surface area contributed by atoms with Crippen LogP contribution in [0.4, 0.5) is 0 Å². The Morgan fingerprint density at radius 1 is 1.60 bits per heavy atom. The first-order chi connectivity index (χ1) is 6.94. The van der Waals surface area contributed by atoms with Gasteiger partial charge in [-0.25, -0.2) is 8.42 Å². The van der Waals surface area contributed by atoms with Crippen LogP contribution in [0.5, 0.6) is 0 Å². The van der Waals surface area contributed by atoms with Gasteiger partial charge < -0.3 is 10.1 Å². The molecular formula is C8H12N2O4S. The van der Waals surface area contributed by atoms with Crippen molar-refractivity contribution < 1.29 is 18.3 Å². The van der Waals surface area contributed by atoms with E-state index >= 15 is 0 Å². The van der Waals surface area contributed by atoms with Crippen molar-refractivity contribution >= 4 is 16.0 Å². The zero-order valence-corrected chi connectivity index (χ0v) is 8.99. The van der Waals surface area contributed by atoms with Crippen molar-refractivity contribution in [3.8, 4) is 0 Å². The molecule has 2 N–H and O–H groups in total. The molecule has 0 radical (unpaired) electrons. The van der Waals surface area contributed by atoms with Gasteiger partial charge >= 0.3 is 5.97 Å². The van der Waals surface area contributed by atoms with E-state index in [0.29, 0.717) is 0 Å². The molecule has 0 amide bonds. The fraction of sp³-hybridized carbons (Fsp3) is 0.375. The number of hydrogen-bond acceptors (Lipinski definition) is 3. The minimum absolute atomic E-state index is 0.0450. The minimum atomic E-state index is -3.58. The van der Waals surface area contributed by atoms with E-state index in [1.165, 1.54) is 19.3 Å². The third kappa shape index (κ3) is 2.80. The average Bonchev–Trinajstić information content (AvgIpc) is 2.66. The van der Waals surface area contributed by atoms with Crippen LogP contribution in [0.2, 0.25) is 0 Å². The van der Waals surface area contributed by atoms with Crippen LogP contribution in [0.3, 0.4) is 0 Å². The van der Waals surface area contributed by atoms with Crippen LogP contribution in [0.15, 0.2) is 23.4 Å². The lowest BCUT2D eigenvalue weighted by molar-refractivity contribution is -0.137. The van der Waals surface area contributed by atoms with E-state index in [9.17, 15) is 13.2 Å². The highest BCUT2D eigenvalue weighted by atomic mass is 32.2. The molecule has 0 aliphatic heterocycles. The number of carbonyl (C=O) groups is 1. The van der Waals surface area contributed by atoms with E-state index in [-0.39, 0.29) is 18.0 Å². The highest BCUT2D eigenvalue weighted by molar-refractivity contribution is 7.89. The van der Waals surface area contributed by atoms with Crippen LogP contribution < -0.4 is 0 Å². The molecule has 1 aromatic heterocycles. The van der Waals surface area contributed by atoms with Gasteiger partial charge in [-0.1, -0.05) is 0 Å². The molecule has 0 unspecified atom stereocenters. The van der Waals surface area contributed by atoms with Crippen LogP contribution >= 0.6 is 0 Å². The molecule has 1 aromatic rings.